The average molecular weight is 601 g/mol. The van der Waals surface area contributed by atoms with Gasteiger partial charge in [0.05, 0.1) is 17.1 Å². The number of nitrogens with two attached hydrogens (primary N) is 1. The lowest BCUT2D eigenvalue weighted by Gasteiger charge is -2.36. The van der Waals surface area contributed by atoms with E-state index in [1.54, 1.807) is 11.0 Å². The minimum atomic E-state index is -2.14. The Hall–Kier alpha value is -1.82. The summed E-state index contributed by atoms with van der Waals surface area (Å²) in [6, 6.07) is 3.66. The van der Waals surface area contributed by atoms with Gasteiger partial charge in [-0.05, 0) is 80.4 Å². The van der Waals surface area contributed by atoms with Crippen molar-refractivity contribution in [3.8, 4) is 5.75 Å². The van der Waals surface area contributed by atoms with Crippen molar-refractivity contribution in [2.75, 3.05) is 13.1 Å². The minimum absolute atomic E-state index is 0.000792. The van der Waals surface area contributed by atoms with Gasteiger partial charge in [0.15, 0.2) is 0 Å². The molecule has 2 aromatic rings. The molecule has 0 saturated carbocycles. The van der Waals surface area contributed by atoms with E-state index in [4.69, 9.17) is 20.0 Å². The highest BCUT2D eigenvalue weighted by atomic mass is 127. The van der Waals surface area contributed by atoms with E-state index in [0.717, 1.165) is 23.7 Å². The molecule has 1 saturated heterocycles. The van der Waals surface area contributed by atoms with Crippen LogP contribution in [0.4, 0.5) is 4.79 Å². The fourth-order valence-electron chi connectivity index (χ4n) is 3.82. The number of piperidine rings is 1. The topological polar surface area (TPSA) is 99.7 Å². The van der Waals surface area contributed by atoms with Crippen LogP contribution >= 0.6 is 22.6 Å². The molecule has 10 heteroatoms. The number of amides is 2. The largest absolute Gasteiger partial charge is 0.543 e. The van der Waals surface area contributed by atoms with Crippen LogP contribution in [-0.2, 0) is 4.74 Å². The van der Waals surface area contributed by atoms with E-state index in [1.807, 2.05) is 31.5 Å². The molecular formula is C24H37IN4O4Si. The van der Waals surface area contributed by atoms with Crippen LogP contribution in [0.25, 0.3) is 10.9 Å². The van der Waals surface area contributed by atoms with Crippen LogP contribution < -0.4 is 10.2 Å². The molecule has 1 fully saturated rings. The van der Waals surface area contributed by atoms with Crippen molar-refractivity contribution in [1.82, 2.24) is 14.7 Å². The molecule has 2 heterocycles. The Morgan fingerprint density at radius 1 is 1.18 bits per heavy atom. The number of hydrogen-bond donors (Lipinski definition) is 1. The van der Waals surface area contributed by atoms with E-state index in [2.05, 4.69) is 56.5 Å². The average Bonchev–Trinajstić information content (AvgIpc) is 3.01. The van der Waals surface area contributed by atoms with Crippen LogP contribution in [0.15, 0.2) is 12.1 Å². The van der Waals surface area contributed by atoms with Gasteiger partial charge in [0, 0.05) is 24.5 Å². The van der Waals surface area contributed by atoms with E-state index in [0.29, 0.717) is 28.1 Å². The number of benzene rings is 1. The molecule has 0 bridgehead atoms. The van der Waals surface area contributed by atoms with E-state index in [-0.39, 0.29) is 17.2 Å². The zero-order valence-corrected chi connectivity index (χ0v) is 24.6. The Labute approximate surface area is 216 Å². The molecule has 0 aliphatic carbocycles. The lowest BCUT2D eigenvalue weighted by atomic mass is 10.1. The molecule has 1 aromatic heterocycles. The Morgan fingerprint density at radius 3 is 2.38 bits per heavy atom. The summed E-state index contributed by atoms with van der Waals surface area (Å²) in [6.45, 7) is 17.6. The molecule has 8 nitrogen and oxygen atoms in total. The highest BCUT2D eigenvalue weighted by Crippen LogP contribution is 2.39. The predicted octanol–water partition coefficient (Wildman–Crippen LogP) is 5.70. The number of likely N-dealkylation sites (tertiary alicyclic amines) is 1. The first-order valence-electron chi connectivity index (χ1n) is 11.7. The van der Waals surface area contributed by atoms with Crippen molar-refractivity contribution in [2.45, 2.75) is 84.2 Å². The van der Waals surface area contributed by atoms with E-state index < -0.39 is 19.8 Å². The summed E-state index contributed by atoms with van der Waals surface area (Å²) in [5.41, 5.74) is 6.43. The van der Waals surface area contributed by atoms with Gasteiger partial charge < -0.3 is 19.8 Å². The lowest BCUT2D eigenvalue weighted by Crippen LogP contribution is -2.44. The second-order valence-corrected chi connectivity index (χ2v) is 17.3. The van der Waals surface area contributed by atoms with Gasteiger partial charge in [-0.2, -0.15) is 5.10 Å². The van der Waals surface area contributed by atoms with Gasteiger partial charge in [-0.1, -0.05) is 20.8 Å². The van der Waals surface area contributed by atoms with Crippen LogP contribution in [0.2, 0.25) is 18.1 Å². The smallest absolute Gasteiger partial charge is 0.410 e. The number of hydrogen-bond acceptors (Lipinski definition) is 5. The normalized spacial score (nSPS) is 17.7. The van der Waals surface area contributed by atoms with Gasteiger partial charge in [-0.3, -0.25) is 9.48 Å². The minimum Gasteiger partial charge on any atom is -0.543 e. The number of fused-ring (bicyclic) bond motifs is 1. The number of primary amides is 1. The number of carbonyl (C=O) groups is 2. The van der Waals surface area contributed by atoms with Gasteiger partial charge in [-0.25, -0.2) is 4.79 Å². The summed E-state index contributed by atoms with van der Waals surface area (Å²) in [6.07, 6.45) is 1.39. The van der Waals surface area contributed by atoms with Crippen LogP contribution in [0.3, 0.4) is 0 Å². The van der Waals surface area contributed by atoms with Crippen molar-refractivity contribution < 1.29 is 18.8 Å². The molecule has 34 heavy (non-hydrogen) atoms. The third kappa shape index (κ3) is 5.69. The van der Waals surface area contributed by atoms with Gasteiger partial charge in [0.25, 0.3) is 0 Å². The molecule has 0 unspecified atom stereocenters. The second kappa shape index (κ2) is 9.33. The van der Waals surface area contributed by atoms with Crippen LogP contribution in [-0.4, -0.2) is 53.7 Å². The quantitative estimate of drug-likeness (QED) is 0.359. The fraction of sp³-hybridized carbons (Fsp3) is 0.625. The highest BCUT2D eigenvalue weighted by molar-refractivity contribution is 14.1. The van der Waals surface area contributed by atoms with Gasteiger partial charge in [0.1, 0.15) is 15.1 Å². The number of nitrogens with zero attached hydrogens (tertiary/aromatic N) is 3. The summed E-state index contributed by atoms with van der Waals surface area (Å²) < 4.78 is 14.8. The molecule has 0 spiro atoms. The zero-order chi connectivity index (χ0) is 25.6. The number of rotatable bonds is 4. The molecule has 1 aliphatic heterocycles. The molecule has 2 N–H and O–H groups in total. The van der Waals surface area contributed by atoms with Crippen molar-refractivity contribution >= 4 is 53.8 Å². The predicted molar refractivity (Wildman–Crippen MR) is 145 cm³/mol. The monoisotopic (exact) mass is 600 g/mol. The summed E-state index contributed by atoms with van der Waals surface area (Å²) in [7, 11) is -2.14. The SMILES string of the molecule is CC(C)(C)OC(=O)N1CCC[C@@H](n2nc(I)c3c(C(N)=O)cc(O[Si](C)(C)C(C)(C)C)cc32)C1. The maximum absolute atomic E-state index is 12.7. The molecular weight excluding hydrogens is 563 g/mol. The summed E-state index contributed by atoms with van der Waals surface area (Å²) >= 11 is 2.15. The number of aromatic nitrogens is 2. The maximum Gasteiger partial charge on any atom is 0.410 e. The first kappa shape index (κ1) is 26.8. The van der Waals surface area contributed by atoms with Crippen molar-refractivity contribution in [1.29, 1.82) is 0 Å². The van der Waals surface area contributed by atoms with E-state index in [1.165, 1.54) is 0 Å². The second-order valence-electron chi connectivity index (χ2n) is 11.5. The van der Waals surface area contributed by atoms with Crippen molar-refractivity contribution in [2.24, 2.45) is 5.73 Å². The zero-order valence-electron chi connectivity index (χ0n) is 21.5. The summed E-state index contributed by atoms with van der Waals surface area (Å²) in [5, 5.41) is 5.51. The molecule has 1 aliphatic rings. The first-order chi connectivity index (χ1) is 15.5. The molecule has 1 atom stereocenters. The standard InChI is InChI=1S/C24H37IN4O4Si/c1-23(2,3)32-22(31)28-11-9-10-15(14-28)29-18-13-16(33-34(7,8)24(4,5)6)12-17(21(26)30)19(18)20(25)27-29/h12-13,15H,9-11,14H2,1-8H3,(H2,26,30)/t15-/m1/s1. The maximum atomic E-state index is 12.7. The van der Waals surface area contributed by atoms with Crippen LogP contribution in [0, 0.1) is 3.70 Å². The molecule has 1 aromatic carbocycles. The van der Waals surface area contributed by atoms with Crippen LogP contribution in [0.1, 0.15) is 70.8 Å². The van der Waals surface area contributed by atoms with Gasteiger partial charge >= 0.3 is 6.09 Å². The van der Waals surface area contributed by atoms with Crippen molar-refractivity contribution in [3.63, 3.8) is 0 Å². The Bertz CT molecular complexity index is 1100. The number of ether oxygens (including phenoxy) is 1. The first-order valence-corrected chi connectivity index (χ1v) is 15.7. The summed E-state index contributed by atoms with van der Waals surface area (Å²) in [5.74, 6) is 0.118. The number of carbonyl (C=O) groups excluding carboxylic acids is 2. The van der Waals surface area contributed by atoms with Crippen LogP contribution in [0.5, 0.6) is 5.75 Å². The van der Waals surface area contributed by atoms with Crippen molar-refractivity contribution in [3.05, 3.63) is 21.4 Å². The van der Waals surface area contributed by atoms with E-state index in [9.17, 15) is 9.59 Å². The lowest BCUT2D eigenvalue weighted by molar-refractivity contribution is 0.0169. The van der Waals surface area contributed by atoms with E-state index >= 15 is 0 Å². The third-order valence-corrected chi connectivity index (χ3v) is 11.7. The Kier molecular flexibility index (Phi) is 7.34. The Balaban J connectivity index is 2.04. The Morgan fingerprint density at radius 2 is 1.82 bits per heavy atom. The molecule has 188 valence electrons. The molecule has 0 radical (unpaired) electrons. The third-order valence-electron chi connectivity index (χ3n) is 6.58. The van der Waals surface area contributed by atoms with Gasteiger partial charge in [-0.15, -0.1) is 0 Å². The summed E-state index contributed by atoms with van der Waals surface area (Å²) in [4.78, 5) is 26.9. The van der Waals surface area contributed by atoms with Gasteiger partial charge in [0.2, 0.25) is 14.2 Å². The highest BCUT2D eigenvalue weighted by Gasteiger charge is 2.39. The molecule has 3 rings (SSSR count). The molecule has 2 amide bonds. The number of halogens is 1. The fourth-order valence-corrected chi connectivity index (χ4v) is 5.64.